The van der Waals surface area contributed by atoms with Gasteiger partial charge in [-0.15, -0.1) is 0 Å². The van der Waals surface area contributed by atoms with Crippen molar-refractivity contribution >= 4 is 23.0 Å². The minimum absolute atomic E-state index is 0.0494. The van der Waals surface area contributed by atoms with E-state index in [9.17, 15) is 10.1 Å². The molecule has 2 aromatic carbocycles. The first-order chi connectivity index (χ1) is 11.5. The molecule has 4 nitrogen and oxygen atoms in total. The summed E-state index contributed by atoms with van der Waals surface area (Å²) in [6.07, 6.45) is 5.28. The first-order valence-corrected chi connectivity index (χ1v) is 8.40. The van der Waals surface area contributed by atoms with E-state index >= 15 is 0 Å². The number of nitrogens with zero attached hydrogens (tertiary/aromatic N) is 1. The molecule has 1 aliphatic heterocycles. The number of fused-ring (bicyclic) bond motifs is 3. The molecule has 2 aliphatic rings. The molecule has 0 saturated carbocycles. The Morgan fingerprint density at radius 3 is 2.71 bits per heavy atom. The second-order valence-corrected chi connectivity index (χ2v) is 6.97. The molecule has 0 radical (unpaired) electrons. The van der Waals surface area contributed by atoms with Gasteiger partial charge in [-0.05, 0) is 36.5 Å². The highest BCUT2D eigenvalue weighted by Crippen LogP contribution is 2.52. The van der Waals surface area contributed by atoms with E-state index in [4.69, 9.17) is 11.6 Å². The summed E-state index contributed by atoms with van der Waals surface area (Å²) in [5.41, 5.74) is 3.94. The second-order valence-electron chi connectivity index (χ2n) is 6.53. The summed E-state index contributed by atoms with van der Waals surface area (Å²) >= 11 is 6.13. The van der Waals surface area contributed by atoms with Crippen LogP contribution in [-0.4, -0.2) is 4.92 Å². The average Bonchev–Trinajstić information content (AvgIpc) is 3.04. The first kappa shape index (κ1) is 15.2. The molecule has 1 N–H and O–H groups in total. The highest BCUT2D eigenvalue weighted by atomic mass is 35.5. The van der Waals surface area contributed by atoms with E-state index in [1.165, 1.54) is 11.6 Å². The average molecular weight is 341 g/mol. The third-order valence-electron chi connectivity index (χ3n) is 5.05. The van der Waals surface area contributed by atoms with Crippen molar-refractivity contribution in [2.75, 3.05) is 5.32 Å². The molecule has 5 heteroatoms. The van der Waals surface area contributed by atoms with Gasteiger partial charge in [-0.3, -0.25) is 10.1 Å². The SMILES string of the molecule is Cc1ccc([C@H]2Nc3c(cc(Cl)cc3[N+](=O)[O-])C3C=CCC32)cc1. The van der Waals surface area contributed by atoms with Crippen molar-refractivity contribution in [2.45, 2.75) is 25.3 Å². The topological polar surface area (TPSA) is 55.2 Å². The molecule has 0 bridgehead atoms. The lowest BCUT2D eigenvalue weighted by atomic mass is 9.76. The third kappa shape index (κ3) is 2.38. The molecule has 0 amide bonds. The van der Waals surface area contributed by atoms with E-state index in [1.54, 1.807) is 0 Å². The van der Waals surface area contributed by atoms with E-state index < -0.39 is 0 Å². The number of benzene rings is 2. The summed E-state index contributed by atoms with van der Waals surface area (Å²) in [6.45, 7) is 2.06. The number of nitro benzene ring substituents is 1. The molecular formula is C19H17ClN2O2. The second kappa shape index (κ2) is 5.64. The molecule has 24 heavy (non-hydrogen) atoms. The van der Waals surface area contributed by atoms with E-state index in [0.29, 0.717) is 16.6 Å². The molecular weight excluding hydrogens is 324 g/mol. The molecule has 0 aromatic heterocycles. The monoisotopic (exact) mass is 340 g/mol. The zero-order chi connectivity index (χ0) is 16.8. The predicted octanol–water partition coefficient (Wildman–Crippen LogP) is 5.38. The summed E-state index contributed by atoms with van der Waals surface area (Å²) in [5.74, 6) is 0.503. The lowest BCUT2D eigenvalue weighted by molar-refractivity contribution is -0.384. The molecule has 0 fully saturated rings. The summed E-state index contributed by atoms with van der Waals surface area (Å²) in [6, 6.07) is 11.7. The summed E-state index contributed by atoms with van der Waals surface area (Å²) in [4.78, 5) is 11.1. The van der Waals surface area contributed by atoms with Crippen LogP contribution in [0.25, 0.3) is 0 Å². The van der Waals surface area contributed by atoms with Gasteiger partial charge in [-0.25, -0.2) is 0 Å². The highest BCUT2D eigenvalue weighted by molar-refractivity contribution is 6.31. The van der Waals surface area contributed by atoms with Crippen molar-refractivity contribution in [3.63, 3.8) is 0 Å². The van der Waals surface area contributed by atoms with Crippen LogP contribution >= 0.6 is 11.6 Å². The van der Waals surface area contributed by atoms with Gasteiger partial charge in [-0.2, -0.15) is 0 Å². The smallest absolute Gasteiger partial charge is 0.294 e. The number of nitrogens with one attached hydrogen (secondary N) is 1. The molecule has 0 saturated heterocycles. The number of halogens is 1. The zero-order valence-electron chi connectivity index (χ0n) is 13.2. The first-order valence-electron chi connectivity index (χ1n) is 8.02. The van der Waals surface area contributed by atoms with Crippen LogP contribution in [0.1, 0.15) is 35.1 Å². The zero-order valence-corrected chi connectivity index (χ0v) is 14.0. The van der Waals surface area contributed by atoms with Crippen LogP contribution in [0.4, 0.5) is 11.4 Å². The maximum atomic E-state index is 11.5. The lowest BCUT2D eigenvalue weighted by Crippen LogP contribution is -2.29. The van der Waals surface area contributed by atoms with Crippen LogP contribution in [0.2, 0.25) is 5.02 Å². The Balaban J connectivity index is 1.86. The molecule has 4 rings (SSSR count). The summed E-state index contributed by atoms with van der Waals surface area (Å²) in [5, 5.41) is 15.3. The Morgan fingerprint density at radius 2 is 2.00 bits per heavy atom. The molecule has 1 heterocycles. The fraction of sp³-hybridized carbons (Fsp3) is 0.263. The lowest BCUT2D eigenvalue weighted by Gasteiger charge is -2.37. The molecule has 2 aromatic rings. The number of hydrogen-bond acceptors (Lipinski definition) is 3. The maximum Gasteiger partial charge on any atom is 0.294 e. The standard InChI is InChI=1S/C19H17ClN2O2/c1-11-5-7-12(8-6-11)18-15-4-2-3-14(15)16-9-13(20)10-17(22(23)24)19(16)21-18/h2-3,5-10,14-15,18,21H,4H2,1H3/t14?,15?,18-/m1/s1. The van der Waals surface area contributed by atoms with Crippen LogP contribution in [0.3, 0.4) is 0 Å². The van der Waals surface area contributed by atoms with Gasteiger partial charge in [0.15, 0.2) is 0 Å². The largest absolute Gasteiger partial charge is 0.372 e. The fourth-order valence-corrected chi connectivity index (χ4v) is 4.11. The van der Waals surface area contributed by atoms with Crippen LogP contribution in [0.15, 0.2) is 48.6 Å². The highest BCUT2D eigenvalue weighted by Gasteiger charge is 2.40. The van der Waals surface area contributed by atoms with Gasteiger partial charge in [-0.1, -0.05) is 53.6 Å². The number of anilines is 1. The number of allylic oxidation sites excluding steroid dienone is 2. The van der Waals surface area contributed by atoms with Crippen LogP contribution < -0.4 is 5.32 Å². The Kier molecular flexibility index (Phi) is 3.57. The minimum Gasteiger partial charge on any atom is -0.372 e. The van der Waals surface area contributed by atoms with Gasteiger partial charge >= 0.3 is 0 Å². The third-order valence-corrected chi connectivity index (χ3v) is 5.26. The molecule has 122 valence electrons. The van der Waals surface area contributed by atoms with E-state index in [1.807, 2.05) is 6.07 Å². The Hall–Kier alpha value is -2.33. The molecule has 1 aliphatic carbocycles. The molecule has 2 unspecified atom stereocenters. The Morgan fingerprint density at radius 1 is 1.25 bits per heavy atom. The van der Waals surface area contributed by atoms with E-state index in [2.05, 4.69) is 48.7 Å². The quantitative estimate of drug-likeness (QED) is 0.453. The number of rotatable bonds is 2. The van der Waals surface area contributed by atoms with Crippen LogP contribution in [0, 0.1) is 23.0 Å². The van der Waals surface area contributed by atoms with Crippen LogP contribution in [0.5, 0.6) is 0 Å². The fourth-order valence-electron chi connectivity index (χ4n) is 3.89. The van der Waals surface area contributed by atoms with Crippen molar-refractivity contribution in [1.82, 2.24) is 0 Å². The van der Waals surface area contributed by atoms with E-state index in [-0.39, 0.29) is 22.6 Å². The normalized spacial score (nSPS) is 24.2. The van der Waals surface area contributed by atoms with Crippen molar-refractivity contribution in [1.29, 1.82) is 0 Å². The van der Waals surface area contributed by atoms with Crippen molar-refractivity contribution < 1.29 is 4.92 Å². The molecule has 3 atom stereocenters. The summed E-state index contributed by atoms with van der Waals surface area (Å²) in [7, 11) is 0. The van der Waals surface area contributed by atoms with Gasteiger partial charge in [0.25, 0.3) is 5.69 Å². The predicted molar refractivity (Wildman–Crippen MR) is 95.6 cm³/mol. The van der Waals surface area contributed by atoms with Crippen LogP contribution in [-0.2, 0) is 0 Å². The van der Waals surface area contributed by atoms with Gasteiger partial charge in [0, 0.05) is 17.0 Å². The van der Waals surface area contributed by atoms with Gasteiger partial charge in [0.2, 0.25) is 0 Å². The number of hydrogen-bond donors (Lipinski definition) is 1. The van der Waals surface area contributed by atoms with Gasteiger partial charge < -0.3 is 5.32 Å². The van der Waals surface area contributed by atoms with Crippen molar-refractivity contribution in [2.24, 2.45) is 5.92 Å². The Bertz CT molecular complexity index is 845. The van der Waals surface area contributed by atoms with E-state index in [0.717, 1.165) is 17.5 Å². The van der Waals surface area contributed by atoms with Gasteiger partial charge in [0.1, 0.15) is 5.69 Å². The van der Waals surface area contributed by atoms with Crippen molar-refractivity contribution in [3.8, 4) is 0 Å². The molecule has 0 spiro atoms. The maximum absolute atomic E-state index is 11.5. The van der Waals surface area contributed by atoms with Crippen molar-refractivity contribution in [3.05, 3.63) is 80.4 Å². The minimum atomic E-state index is -0.358. The number of nitro groups is 1. The van der Waals surface area contributed by atoms with Gasteiger partial charge in [0.05, 0.1) is 11.0 Å². The number of aryl methyl sites for hydroxylation is 1. The summed E-state index contributed by atoms with van der Waals surface area (Å²) < 4.78 is 0. The Labute approximate surface area is 145 Å².